The number of piperidine rings is 1. The number of aromatic hydroxyl groups is 1. The molecule has 2 aromatic carbocycles. The molecule has 5 rings (SSSR count). The third-order valence-electron chi connectivity index (χ3n) is 5.99. The summed E-state index contributed by atoms with van der Waals surface area (Å²) in [6.07, 6.45) is 5.14. The van der Waals surface area contributed by atoms with E-state index in [1.165, 1.54) is 6.42 Å². The van der Waals surface area contributed by atoms with Gasteiger partial charge in [0.25, 0.3) is 0 Å². The van der Waals surface area contributed by atoms with E-state index in [1.807, 2.05) is 24.3 Å². The van der Waals surface area contributed by atoms with Crippen LogP contribution < -0.4 is 4.74 Å². The zero-order valence-electron chi connectivity index (χ0n) is 16.7. The van der Waals surface area contributed by atoms with Crippen LogP contribution in [0.15, 0.2) is 51.0 Å². The second-order valence-corrected chi connectivity index (χ2v) is 8.94. The van der Waals surface area contributed by atoms with Gasteiger partial charge in [-0.3, -0.25) is 9.69 Å². The van der Waals surface area contributed by atoms with Crippen molar-refractivity contribution in [3.05, 3.63) is 63.5 Å². The molecule has 0 radical (unpaired) electrons. The van der Waals surface area contributed by atoms with Gasteiger partial charge in [-0.05, 0) is 62.7 Å². The highest BCUT2D eigenvalue weighted by Crippen LogP contribution is 2.41. The van der Waals surface area contributed by atoms with Crippen LogP contribution in [0.3, 0.4) is 0 Å². The average molecular weight is 468 g/mol. The summed E-state index contributed by atoms with van der Waals surface area (Å²) in [6.45, 7) is 3.75. The number of likely N-dealkylation sites (tertiary alicyclic amines) is 1. The van der Waals surface area contributed by atoms with Crippen molar-refractivity contribution in [2.45, 2.75) is 38.8 Å². The Morgan fingerprint density at radius 2 is 2.10 bits per heavy atom. The summed E-state index contributed by atoms with van der Waals surface area (Å²) in [6, 6.07) is 11.3. The monoisotopic (exact) mass is 467 g/mol. The lowest BCUT2D eigenvalue weighted by atomic mass is 10.0. The standard InChI is InChI=1S/C24H22BrNO4/c1-14-4-2-3-9-26(14)13-19-20(27)7-6-18-23(28)22(30-24(18)19)12-17-11-15-10-16(25)5-8-21(15)29-17/h5-8,10-12,14,27H,2-4,9,13H2,1H3/b22-12-/t14-/m0/s1. The minimum absolute atomic E-state index is 0.161. The smallest absolute Gasteiger partial charge is 0.232 e. The first kappa shape index (κ1) is 19.4. The van der Waals surface area contributed by atoms with Crippen LogP contribution in [0.1, 0.15) is 47.9 Å². The van der Waals surface area contributed by atoms with Gasteiger partial charge in [0.2, 0.25) is 5.78 Å². The SMILES string of the molecule is C[C@H]1CCCCN1Cc1c(O)ccc2c1O/C(=C\c1cc3cc(Br)ccc3o1)C2=O. The number of furan rings is 1. The zero-order valence-corrected chi connectivity index (χ0v) is 18.2. The molecule has 6 heteroatoms. The van der Waals surface area contributed by atoms with Crippen molar-refractivity contribution < 1.29 is 19.1 Å². The largest absolute Gasteiger partial charge is 0.507 e. The van der Waals surface area contributed by atoms with Gasteiger partial charge in [0, 0.05) is 28.5 Å². The number of nitrogens with zero attached hydrogens (tertiary/aromatic N) is 1. The van der Waals surface area contributed by atoms with Crippen LogP contribution in [0.2, 0.25) is 0 Å². The summed E-state index contributed by atoms with van der Waals surface area (Å²) in [4.78, 5) is 15.3. The number of Topliss-reactive ketones (excluding diaryl/α,β-unsaturated/α-hetero) is 1. The Morgan fingerprint density at radius 1 is 1.23 bits per heavy atom. The molecule has 0 spiro atoms. The third-order valence-corrected chi connectivity index (χ3v) is 6.48. The first-order valence-corrected chi connectivity index (χ1v) is 11.0. The zero-order chi connectivity index (χ0) is 20.8. The van der Waals surface area contributed by atoms with Crippen LogP contribution in [0.4, 0.5) is 0 Å². The van der Waals surface area contributed by atoms with E-state index in [-0.39, 0.29) is 17.3 Å². The Morgan fingerprint density at radius 3 is 2.93 bits per heavy atom. The van der Waals surface area contributed by atoms with Crippen LogP contribution in [0, 0.1) is 0 Å². The number of rotatable bonds is 3. The first-order chi connectivity index (χ1) is 14.5. The number of phenols is 1. The van der Waals surface area contributed by atoms with Gasteiger partial charge in [-0.15, -0.1) is 0 Å². The van der Waals surface area contributed by atoms with Crippen molar-refractivity contribution in [1.29, 1.82) is 0 Å². The number of benzene rings is 2. The lowest BCUT2D eigenvalue weighted by Gasteiger charge is -2.33. The number of carbonyl (C=O) groups excluding carboxylic acids is 1. The molecule has 1 saturated heterocycles. The van der Waals surface area contributed by atoms with Crippen molar-refractivity contribution >= 4 is 38.8 Å². The molecule has 3 aromatic rings. The fourth-order valence-corrected chi connectivity index (χ4v) is 4.66. The molecule has 0 aliphatic carbocycles. The number of allylic oxidation sites excluding steroid dienone is 1. The number of fused-ring (bicyclic) bond motifs is 2. The highest BCUT2D eigenvalue weighted by atomic mass is 79.9. The molecule has 0 unspecified atom stereocenters. The number of ketones is 1. The second kappa shape index (κ2) is 7.60. The molecule has 154 valence electrons. The molecule has 5 nitrogen and oxygen atoms in total. The lowest BCUT2D eigenvalue weighted by Crippen LogP contribution is -2.36. The highest BCUT2D eigenvalue weighted by molar-refractivity contribution is 9.10. The number of halogens is 1. The summed E-state index contributed by atoms with van der Waals surface area (Å²) in [5.74, 6) is 1.19. The van der Waals surface area contributed by atoms with Crippen LogP contribution in [0.5, 0.6) is 11.5 Å². The van der Waals surface area contributed by atoms with E-state index in [4.69, 9.17) is 9.15 Å². The number of hydrogen-bond acceptors (Lipinski definition) is 5. The Hall–Kier alpha value is -2.57. The Kier molecular flexibility index (Phi) is 4.91. The average Bonchev–Trinajstić information content (AvgIpc) is 3.26. The van der Waals surface area contributed by atoms with Gasteiger partial charge in [0.1, 0.15) is 22.8 Å². The molecular weight excluding hydrogens is 446 g/mol. The van der Waals surface area contributed by atoms with Crippen molar-refractivity contribution in [2.24, 2.45) is 0 Å². The summed E-state index contributed by atoms with van der Waals surface area (Å²) in [5, 5.41) is 11.5. The van der Waals surface area contributed by atoms with Crippen LogP contribution in [0.25, 0.3) is 17.0 Å². The molecule has 0 bridgehead atoms. The molecular formula is C24H22BrNO4. The van der Waals surface area contributed by atoms with E-state index in [0.717, 1.165) is 34.8 Å². The molecule has 2 aliphatic heterocycles. The minimum atomic E-state index is -0.195. The molecule has 3 heterocycles. The molecule has 0 saturated carbocycles. The van der Waals surface area contributed by atoms with Crippen LogP contribution in [-0.2, 0) is 6.54 Å². The fourth-order valence-electron chi connectivity index (χ4n) is 4.28. The van der Waals surface area contributed by atoms with Crippen molar-refractivity contribution in [3.8, 4) is 11.5 Å². The van der Waals surface area contributed by atoms with Gasteiger partial charge < -0.3 is 14.3 Å². The van der Waals surface area contributed by atoms with Crippen LogP contribution >= 0.6 is 15.9 Å². The molecule has 1 fully saturated rings. The molecule has 1 aromatic heterocycles. The van der Waals surface area contributed by atoms with E-state index < -0.39 is 0 Å². The van der Waals surface area contributed by atoms with Gasteiger partial charge in [0.05, 0.1) is 11.1 Å². The van der Waals surface area contributed by atoms with Gasteiger partial charge >= 0.3 is 0 Å². The quantitative estimate of drug-likeness (QED) is 0.486. The predicted molar refractivity (Wildman–Crippen MR) is 119 cm³/mol. The topological polar surface area (TPSA) is 62.9 Å². The molecule has 0 amide bonds. The lowest BCUT2D eigenvalue weighted by molar-refractivity contribution is 0.101. The van der Waals surface area contributed by atoms with Crippen LogP contribution in [-0.4, -0.2) is 28.4 Å². The summed E-state index contributed by atoms with van der Waals surface area (Å²) in [7, 11) is 0. The maximum Gasteiger partial charge on any atom is 0.232 e. The number of ether oxygens (including phenoxy) is 1. The van der Waals surface area contributed by atoms with E-state index in [0.29, 0.717) is 35.2 Å². The fraction of sp³-hybridized carbons (Fsp3) is 0.292. The van der Waals surface area contributed by atoms with Crippen molar-refractivity contribution in [1.82, 2.24) is 4.90 Å². The normalized spacial score (nSPS) is 20.7. The predicted octanol–water partition coefficient (Wildman–Crippen LogP) is 5.89. The van der Waals surface area contributed by atoms with Gasteiger partial charge in [-0.2, -0.15) is 0 Å². The molecule has 2 aliphatic rings. The van der Waals surface area contributed by atoms with E-state index in [2.05, 4.69) is 27.8 Å². The van der Waals surface area contributed by atoms with E-state index in [9.17, 15) is 9.90 Å². The van der Waals surface area contributed by atoms with Gasteiger partial charge in [0.15, 0.2) is 5.76 Å². The van der Waals surface area contributed by atoms with E-state index >= 15 is 0 Å². The number of hydrogen-bond donors (Lipinski definition) is 1. The Balaban J connectivity index is 1.48. The van der Waals surface area contributed by atoms with Crippen molar-refractivity contribution in [2.75, 3.05) is 6.54 Å². The Labute approximate surface area is 183 Å². The van der Waals surface area contributed by atoms with E-state index in [1.54, 1.807) is 18.2 Å². The first-order valence-electron chi connectivity index (χ1n) is 10.2. The maximum absolute atomic E-state index is 13.0. The highest BCUT2D eigenvalue weighted by Gasteiger charge is 2.32. The summed E-state index contributed by atoms with van der Waals surface area (Å²) >= 11 is 3.45. The summed E-state index contributed by atoms with van der Waals surface area (Å²) in [5.41, 5.74) is 1.90. The molecule has 1 atom stereocenters. The minimum Gasteiger partial charge on any atom is -0.507 e. The second-order valence-electron chi connectivity index (χ2n) is 8.03. The van der Waals surface area contributed by atoms with Gasteiger partial charge in [-0.25, -0.2) is 0 Å². The maximum atomic E-state index is 13.0. The molecule has 30 heavy (non-hydrogen) atoms. The van der Waals surface area contributed by atoms with Gasteiger partial charge in [-0.1, -0.05) is 22.4 Å². The summed E-state index contributed by atoms with van der Waals surface area (Å²) < 4.78 is 12.8. The Bertz CT molecular complexity index is 1180. The number of phenolic OH excluding ortho intramolecular Hbond substituents is 1. The number of carbonyl (C=O) groups is 1. The third kappa shape index (κ3) is 3.44. The van der Waals surface area contributed by atoms with Crippen molar-refractivity contribution in [3.63, 3.8) is 0 Å². The molecule has 1 N–H and O–H groups in total.